The highest BCUT2D eigenvalue weighted by atomic mass is 19.1. The molecule has 1 rings (SSSR count). The van der Waals surface area contributed by atoms with Crippen molar-refractivity contribution in [2.45, 2.75) is 47.0 Å². The van der Waals surface area contributed by atoms with Crippen LogP contribution >= 0.6 is 0 Å². The first-order chi connectivity index (χ1) is 9.24. The maximum absolute atomic E-state index is 12.1. The van der Waals surface area contributed by atoms with E-state index in [1.807, 2.05) is 13.8 Å². The van der Waals surface area contributed by atoms with Gasteiger partial charge in [-0.15, -0.1) is 0 Å². The fraction of sp³-hybridized carbons (Fsp3) is 0.562. The Morgan fingerprint density at radius 2 is 1.68 bits per heavy atom. The Kier molecular flexibility index (Phi) is 17.8. The first-order valence-electron chi connectivity index (χ1n) is 7.16. The summed E-state index contributed by atoms with van der Waals surface area (Å²) in [5.74, 6) is -0.319. The van der Waals surface area contributed by atoms with Gasteiger partial charge in [0.1, 0.15) is 12.1 Å². The zero-order valence-corrected chi connectivity index (χ0v) is 12.7. The summed E-state index contributed by atoms with van der Waals surface area (Å²) in [6.45, 7) is 10.7. The van der Waals surface area contributed by atoms with E-state index in [1.165, 1.54) is 50.1 Å². The van der Waals surface area contributed by atoms with Crippen molar-refractivity contribution >= 4 is 6.29 Å². The molecular formula is C16H28FNO. The summed E-state index contributed by atoms with van der Waals surface area (Å²) in [5.41, 5.74) is 0.497. The molecule has 1 aromatic rings. The summed E-state index contributed by atoms with van der Waals surface area (Å²) in [6.07, 6.45) is 4.71. The molecule has 0 unspecified atom stereocenters. The minimum Gasteiger partial charge on any atom is -0.317 e. The van der Waals surface area contributed by atoms with Crippen LogP contribution in [0.4, 0.5) is 4.39 Å². The van der Waals surface area contributed by atoms with Gasteiger partial charge < -0.3 is 5.32 Å². The normalized spacial score (nSPS) is 8.68. The Morgan fingerprint density at radius 3 is 2.11 bits per heavy atom. The molecule has 1 aromatic carbocycles. The Hall–Kier alpha value is -1.22. The second-order valence-corrected chi connectivity index (χ2v) is 3.73. The summed E-state index contributed by atoms with van der Waals surface area (Å²) < 4.78 is 12.1. The molecule has 3 heteroatoms. The number of hydrogen-bond acceptors (Lipinski definition) is 2. The minimum atomic E-state index is -0.319. The Labute approximate surface area is 117 Å². The molecule has 0 atom stereocenters. The van der Waals surface area contributed by atoms with Gasteiger partial charge in [0.05, 0.1) is 0 Å². The predicted octanol–water partition coefficient (Wildman–Crippen LogP) is 4.45. The number of carbonyl (C=O) groups excluding carboxylic acids is 1. The van der Waals surface area contributed by atoms with Crippen LogP contribution in [0.3, 0.4) is 0 Å². The minimum absolute atomic E-state index is 0.319. The van der Waals surface area contributed by atoms with Gasteiger partial charge in [0.2, 0.25) is 0 Å². The first-order valence-corrected chi connectivity index (χ1v) is 7.16. The number of nitrogens with one attached hydrogen (secondary N) is 1. The van der Waals surface area contributed by atoms with Gasteiger partial charge in [-0.1, -0.05) is 40.5 Å². The summed E-state index contributed by atoms with van der Waals surface area (Å²) in [7, 11) is 0. The van der Waals surface area contributed by atoms with Crippen LogP contribution in [-0.2, 0) is 0 Å². The number of aldehydes is 1. The Bertz CT molecular complexity index is 279. The summed E-state index contributed by atoms with van der Waals surface area (Å²) in [5, 5.41) is 3.28. The second kappa shape index (κ2) is 16.8. The molecule has 1 N–H and O–H groups in total. The summed E-state index contributed by atoms with van der Waals surface area (Å²) in [6, 6.07) is 5.37. The van der Waals surface area contributed by atoms with E-state index in [0.29, 0.717) is 11.8 Å². The average Bonchev–Trinajstić information content (AvgIpc) is 2.47. The first kappa shape index (κ1) is 20.1. The molecule has 0 radical (unpaired) electrons. The average molecular weight is 269 g/mol. The molecule has 2 nitrogen and oxygen atoms in total. The van der Waals surface area contributed by atoms with Crippen LogP contribution in [0, 0.1) is 5.82 Å². The van der Waals surface area contributed by atoms with E-state index in [2.05, 4.69) is 19.2 Å². The Morgan fingerprint density at radius 1 is 1.11 bits per heavy atom. The number of halogens is 1. The molecule has 110 valence electrons. The van der Waals surface area contributed by atoms with Gasteiger partial charge in [-0.3, -0.25) is 4.79 Å². The SMILES string of the molecule is CC.CCCCCNCC.O=Cc1ccc(F)cc1. The number of unbranched alkanes of at least 4 members (excludes halogenated alkanes) is 2. The number of hydrogen-bond donors (Lipinski definition) is 1. The molecule has 0 amide bonds. The third kappa shape index (κ3) is 14.7. The molecule has 0 aliphatic heterocycles. The van der Waals surface area contributed by atoms with Crippen LogP contribution in [0.5, 0.6) is 0 Å². The van der Waals surface area contributed by atoms with Gasteiger partial charge >= 0.3 is 0 Å². The lowest BCUT2D eigenvalue weighted by molar-refractivity contribution is 0.112. The van der Waals surface area contributed by atoms with Crippen LogP contribution in [-0.4, -0.2) is 19.4 Å². The van der Waals surface area contributed by atoms with Crippen molar-refractivity contribution in [2.75, 3.05) is 13.1 Å². The lowest BCUT2D eigenvalue weighted by atomic mass is 10.2. The van der Waals surface area contributed by atoms with Crippen LogP contribution in [0.25, 0.3) is 0 Å². The standard InChI is InChI=1S/C7H5FO.C7H17N.C2H6/c8-7-3-1-6(5-9)2-4-7;1-3-5-6-7-8-4-2;1-2/h1-5H;8H,3-7H2,1-2H3;1-2H3. The highest BCUT2D eigenvalue weighted by molar-refractivity contribution is 5.74. The van der Waals surface area contributed by atoms with Crippen LogP contribution in [0.15, 0.2) is 24.3 Å². The molecule has 0 bridgehead atoms. The summed E-state index contributed by atoms with van der Waals surface area (Å²) >= 11 is 0. The summed E-state index contributed by atoms with van der Waals surface area (Å²) in [4.78, 5) is 10.00. The zero-order valence-electron chi connectivity index (χ0n) is 12.7. The van der Waals surface area contributed by atoms with Gasteiger partial charge in [-0.2, -0.15) is 0 Å². The lowest BCUT2D eigenvalue weighted by Gasteiger charge is -1.97. The third-order valence-corrected chi connectivity index (χ3v) is 2.21. The largest absolute Gasteiger partial charge is 0.317 e. The number of carbonyl (C=O) groups is 1. The molecular weight excluding hydrogens is 241 g/mol. The number of rotatable bonds is 6. The van der Waals surface area contributed by atoms with Crippen LogP contribution in [0.1, 0.15) is 57.3 Å². The van der Waals surface area contributed by atoms with Crippen molar-refractivity contribution in [1.29, 1.82) is 0 Å². The molecule has 0 aliphatic carbocycles. The van der Waals surface area contributed by atoms with E-state index in [-0.39, 0.29) is 5.82 Å². The molecule has 0 heterocycles. The molecule has 0 fully saturated rings. The third-order valence-electron chi connectivity index (χ3n) is 2.21. The molecule has 0 aliphatic rings. The Balaban J connectivity index is 0. The molecule has 0 saturated carbocycles. The van der Waals surface area contributed by atoms with E-state index in [1.54, 1.807) is 0 Å². The van der Waals surface area contributed by atoms with Crippen LogP contribution < -0.4 is 5.32 Å². The predicted molar refractivity (Wildman–Crippen MR) is 81.2 cm³/mol. The van der Waals surface area contributed by atoms with Crippen molar-refractivity contribution in [3.8, 4) is 0 Å². The van der Waals surface area contributed by atoms with Crippen molar-refractivity contribution in [1.82, 2.24) is 5.32 Å². The van der Waals surface area contributed by atoms with Crippen LogP contribution in [0.2, 0.25) is 0 Å². The number of benzene rings is 1. The van der Waals surface area contributed by atoms with Crippen molar-refractivity contribution in [3.63, 3.8) is 0 Å². The fourth-order valence-electron chi connectivity index (χ4n) is 1.22. The fourth-order valence-corrected chi connectivity index (χ4v) is 1.22. The smallest absolute Gasteiger partial charge is 0.150 e. The maximum Gasteiger partial charge on any atom is 0.150 e. The highest BCUT2D eigenvalue weighted by Gasteiger charge is 1.88. The lowest BCUT2D eigenvalue weighted by Crippen LogP contribution is -2.13. The van der Waals surface area contributed by atoms with Gasteiger partial charge in [0, 0.05) is 5.56 Å². The van der Waals surface area contributed by atoms with Crippen molar-refractivity contribution in [2.24, 2.45) is 0 Å². The van der Waals surface area contributed by atoms with Gasteiger partial charge in [0.15, 0.2) is 0 Å². The monoisotopic (exact) mass is 269 g/mol. The maximum atomic E-state index is 12.1. The van der Waals surface area contributed by atoms with Gasteiger partial charge in [-0.05, 0) is 43.8 Å². The van der Waals surface area contributed by atoms with Gasteiger partial charge in [-0.25, -0.2) is 4.39 Å². The quantitative estimate of drug-likeness (QED) is 0.610. The van der Waals surface area contributed by atoms with E-state index >= 15 is 0 Å². The molecule has 0 aromatic heterocycles. The second-order valence-electron chi connectivity index (χ2n) is 3.73. The van der Waals surface area contributed by atoms with E-state index in [4.69, 9.17) is 0 Å². The molecule has 0 spiro atoms. The molecule has 19 heavy (non-hydrogen) atoms. The zero-order chi connectivity index (χ0) is 14.9. The van der Waals surface area contributed by atoms with E-state index in [9.17, 15) is 9.18 Å². The molecule has 0 saturated heterocycles. The van der Waals surface area contributed by atoms with E-state index in [0.717, 1.165) is 6.54 Å². The van der Waals surface area contributed by atoms with Crippen molar-refractivity contribution < 1.29 is 9.18 Å². The van der Waals surface area contributed by atoms with Crippen molar-refractivity contribution in [3.05, 3.63) is 35.6 Å². The van der Waals surface area contributed by atoms with Gasteiger partial charge in [0.25, 0.3) is 0 Å². The topological polar surface area (TPSA) is 29.1 Å². The highest BCUT2D eigenvalue weighted by Crippen LogP contribution is 1.98. The van der Waals surface area contributed by atoms with E-state index < -0.39 is 0 Å².